The van der Waals surface area contributed by atoms with Gasteiger partial charge in [0.25, 0.3) is 0 Å². The Hall–Kier alpha value is -1.39. The van der Waals surface area contributed by atoms with Crippen LogP contribution in [0.15, 0.2) is 24.3 Å². The van der Waals surface area contributed by atoms with E-state index in [9.17, 15) is 9.90 Å². The maximum absolute atomic E-state index is 12.0. The van der Waals surface area contributed by atoms with Crippen LogP contribution in [0.4, 0.5) is 0 Å². The highest BCUT2D eigenvalue weighted by atomic mass is 16.5. The normalized spacial score (nSPS) is 13.0. The maximum Gasteiger partial charge on any atom is 0.166 e. The van der Waals surface area contributed by atoms with Gasteiger partial charge in [-0.25, -0.2) is 0 Å². The van der Waals surface area contributed by atoms with Gasteiger partial charge in [-0.05, 0) is 39.3 Å². The Balaban J connectivity index is 2.57. The molecule has 0 bridgehead atoms. The molecule has 118 valence electrons. The van der Waals surface area contributed by atoms with Crippen molar-refractivity contribution in [3.05, 3.63) is 29.8 Å². The molecule has 0 saturated carbocycles. The van der Waals surface area contributed by atoms with Gasteiger partial charge < -0.3 is 15.2 Å². The number of aliphatic hydroxyl groups is 1. The molecular formula is C17H27NO3. The van der Waals surface area contributed by atoms with Gasteiger partial charge in [0.15, 0.2) is 5.78 Å². The minimum atomic E-state index is -0.612. The molecule has 21 heavy (non-hydrogen) atoms. The topological polar surface area (TPSA) is 58.6 Å². The lowest BCUT2D eigenvalue weighted by atomic mass is 10.1. The van der Waals surface area contributed by atoms with Crippen LogP contribution >= 0.6 is 0 Å². The molecular weight excluding hydrogens is 266 g/mol. The molecule has 0 fully saturated rings. The Morgan fingerprint density at radius 2 is 2.00 bits per heavy atom. The number of ether oxygens (including phenoxy) is 1. The van der Waals surface area contributed by atoms with Gasteiger partial charge in [-0.3, -0.25) is 4.79 Å². The molecule has 1 rings (SSSR count). The van der Waals surface area contributed by atoms with Crippen LogP contribution in [0.5, 0.6) is 5.75 Å². The van der Waals surface area contributed by atoms with Crippen LogP contribution in [0, 0.1) is 0 Å². The Morgan fingerprint density at radius 1 is 1.33 bits per heavy atom. The lowest BCUT2D eigenvalue weighted by Crippen LogP contribution is -2.42. The Morgan fingerprint density at radius 3 is 2.62 bits per heavy atom. The summed E-state index contributed by atoms with van der Waals surface area (Å²) in [5, 5.41) is 13.2. The van der Waals surface area contributed by atoms with E-state index in [-0.39, 0.29) is 17.9 Å². The number of nitrogens with one attached hydrogen (secondary N) is 1. The highest BCUT2D eigenvalue weighted by Crippen LogP contribution is 2.20. The summed E-state index contributed by atoms with van der Waals surface area (Å²) in [4.78, 5) is 12.0. The van der Waals surface area contributed by atoms with Crippen LogP contribution in [0.3, 0.4) is 0 Å². The summed E-state index contributed by atoms with van der Waals surface area (Å²) in [7, 11) is 0. The number of Topliss-reactive ketones (excluding diaryl/α,β-unsaturated/α-hetero) is 1. The largest absolute Gasteiger partial charge is 0.490 e. The molecule has 0 saturated heterocycles. The van der Waals surface area contributed by atoms with E-state index in [0.29, 0.717) is 24.3 Å². The number of β-amino-alcohol motifs (C(OH)–C–C–N with tert-alkyl or cyclic N) is 1. The van der Waals surface area contributed by atoms with Crippen molar-refractivity contribution >= 4 is 5.78 Å². The minimum Gasteiger partial charge on any atom is -0.490 e. The Kier molecular flexibility index (Phi) is 6.85. The van der Waals surface area contributed by atoms with E-state index in [1.165, 1.54) is 0 Å². The third-order valence-corrected chi connectivity index (χ3v) is 2.96. The van der Waals surface area contributed by atoms with Gasteiger partial charge in [0.05, 0.1) is 5.56 Å². The van der Waals surface area contributed by atoms with Crippen molar-refractivity contribution in [2.45, 2.75) is 52.2 Å². The molecule has 0 aliphatic heterocycles. The smallest absolute Gasteiger partial charge is 0.166 e. The zero-order valence-electron chi connectivity index (χ0n) is 13.5. The second kappa shape index (κ2) is 8.15. The number of hydrogen-bond donors (Lipinski definition) is 2. The number of para-hydroxylation sites is 1. The highest BCUT2D eigenvalue weighted by Gasteiger charge is 2.15. The van der Waals surface area contributed by atoms with Gasteiger partial charge in [0, 0.05) is 18.5 Å². The molecule has 0 spiro atoms. The summed E-state index contributed by atoms with van der Waals surface area (Å²) >= 11 is 0. The molecule has 1 aromatic carbocycles. The molecule has 0 aromatic heterocycles. The number of carbonyl (C=O) groups excluding carboxylic acids is 1. The highest BCUT2D eigenvalue weighted by molar-refractivity contribution is 5.98. The van der Waals surface area contributed by atoms with E-state index in [1.807, 2.05) is 39.8 Å². The van der Waals surface area contributed by atoms with Crippen molar-refractivity contribution < 1.29 is 14.6 Å². The number of ketones is 1. The van der Waals surface area contributed by atoms with Crippen LogP contribution < -0.4 is 10.1 Å². The van der Waals surface area contributed by atoms with E-state index in [4.69, 9.17) is 4.74 Å². The molecule has 1 aromatic rings. The molecule has 1 atom stereocenters. The lowest BCUT2D eigenvalue weighted by molar-refractivity contribution is 0.0932. The summed E-state index contributed by atoms with van der Waals surface area (Å²) in [6, 6.07) is 7.20. The Bertz CT molecular complexity index is 452. The average Bonchev–Trinajstić information content (AvgIpc) is 2.42. The standard InChI is InChI=1S/C17H27NO3/c1-5-8-15(20)14-9-6-7-10-16(14)21-12-13(19)11-18-17(2,3)4/h6-7,9-10,13,18-19H,5,8,11-12H2,1-4H3/t13-/m1/s1. The van der Waals surface area contributed by atoms with E-state index in [2.05, 4.69) is 5.32 Å². The predicted octanol–water partition coefficient (Wildman–Crippen LogP) is 2.80. The van der Waals surface area contributed by atoms with E-state index in [1.54, 1.807) is 12.1 Å². The van der Waals surface area contributed by atoms with E-state index >= 15 is 0 Å². The number of hydrogen-bond acceptors (Lipinski definition) is 4. The maximum atomic E-state index is 12.0. The third kappa shape index (κ3) is 6.74. The second-order valence-corrected chi connectivity index (χ2v) is 6.27. The van der Waals surface area contributed by atoms with Gasteiger partial charge >= 0.3 is 0 Å². The lowest BCUT2D eigenvalue weighted by Gasteiger charge is -2.23. The first-order valence-corrected chi connectivity index (χ1v) is 7.51. The van der Waals surface area contributed by atoms with Crippen molar-refractivity contribution in [3.8, 4) is 5.75 Å². The van der Waals surface area contributed by atoms with Crippen LogP contribution in [-0.2, 0) is 0 Å². The van der Waals surface area contributed by atoms with E-state index in [0.717, 1.165) is 6.42 Å². The number of benzene rings is 1. The quantitative estimate of drug-likeness (QED) is 0.724. The van der Waals surface area contributed by atoms with Crippen LogP contribution in [-0.4, -0.2) is 35.7 Å². The fourth-order valence-electron chi connectivity index (χ4n) is 1.85. The monoisotopic (exact) mass is 293 g/mol. The Labute approximate surface area is 127 Å². The van der Waals surface area contributed by atoms with Crippen LogP contribution in [0.1, 0.15) is 50.9 Å². The molecule has 4 heteroatoms. The molecule has 0 heterocycles. The molecule has 0 amide bonds. The molecule has 0 radical (unpaired) electrons. The van der Waals surface area contributed by atoms with Gasteiger partial charge in [-0.15, -0.1) is 0 Å². The first-order valence-electron chi connectivity index (χ1n) is 7.51. The molecule has 0 aliphatic carbocycles. The van der Waals surface area contributed by atoms with E-state index < -0.39 is 6.10 Å². The van der Waals surface area contributed by atoms with Crippen LogP contribution in [0.2, 0.25) is 0 Å². The number of carbonyl (C=O) groups is 1. The molecule has 4 nitrogen and oxygen atoms in total. The van der Waals surface area contributed by atoms with Crippen LogP contribution in [0.25, 0.3) is 0 Å². The van der Waals surface area contributed by atoms with Crippen molar-refractivity contribution in [2.75, 3.05) is 13.2 Å². The first-order chi connectivity index (χ1) is 9.83. The van der Waals surface area contributed by atoms with Crippen molar-refractivity contribution in [3.63, 3.8) is 0 Å². The van der Waals surface area contributed by atoms with Gasteiger partial charge in [-0.2, -0.15) is 0 Å². The zero-order valence-corrected chi connectivity index (χ0v) is 13.5. The number of aliphatic hydroxyl groups excluding tert-OH is 1. The third-order valence-electron chi connectivity index (χ3n) is 2.96. The second-order valence-electron chi connectivity index (χ2n) is 6.27. The molecule has 0 aliphatic rings. The molecule has 2 N–H and O–H groups in total. The first kappa shape index (κ1) is 17.7. The SMILES string of the molecule is CCCC(=O)c1ccccc1OC[C@H](O)CNC(C)(C)C. The van der Waals surface area contributed by atoms with Crippen molar-refractivity contribution in [1.82, 2.24) is 5.32 Å². The fourth-order valence-corrected chi connectivity index (χ4v) is 1.85. The fraction of sp³-hybridized carbons (Fsp3) is 0.588. The summed E-state index contributed by atoms with van der Waals surface area (Å²) in [5.74, 6) is 0.626. The van der Waals surface area contributed by atoms with Gasteiger partial charge in [-0.1, -0.05) is 19.1 Å². The van der Waals surface area contributed by atoms with Gasteiger partial charge in [0.1, 0.15) is 18.5 Å². The summed E-state index contributed by atoms with van der Waals surface area (Å²) < 4.78 is 5.62. The molecule has 0 unspecified atom stereocenters. The van der Waals surface area contributed by atoms with Gasteiger partial charge in [0.2, 0.25) is 0 Å². The minimum absolute atomic E-state index is 0.0457. The summed E-state index contributed by atoms with van der Waals surface area (Å²) in [6.07, 6.45) is 0.707. The average molecular weight is 293 g/mol. The number of rotatable bonds is 8. The summed E-state index contributed by atoms with van der Waals surface area (Å²) in [5.41, 5.74) is 0.547. The van der Waals surface area contributed by atoms with Crippen molar-refractivity contribution in [1.29, 1.82) is 0 Å². The summed E-state index contributed by atoms with van der Waals surface area (Å²) in [6.45, 7) is 8.72. The zero-order chi connectivity index (χ0) is 15.9. The predicted molar refractivity (Wildman–Crippen MR) is 84.9 cm³/mol. The van der Waals surface area contributed by atoms with Crippen molar-refractivity contribution in [2.24, 2.45) is 0 Å².